The number of nitrogens with one attached hydrogen (secondary N) is 1. The van der Waals surface area contributed by atoms with Gasteiger partial charge < -0.3 is 15.1 Å². The molecule has 0 unspecified atom stereocenters. The molecule has 2 aromatic carbocycles. The molecule has 0 saturated carbocycles. The lowest BCUT2D eigenvalue weighted by Gasteiger charge is -2.37. The molecule has 0 spiro atoms. The van der Waals surface area contributed by atoms with Gasteiger partial charge in [-0.25, -0.2) is 8.78 Å². The fourth-order valence-electron chi connectivity index (χ4n) is 2.83. The second-order valence-corrected chi connectivity index (χ2v) is 6.46. The molecule has 1 N–H and O–H groups in total. The highest BCUT2D eigenvalue weighted by atomic mass is 32.1. The minimum atomic E-state index is -4.39. The summed E-state index contributed by atoms with van der Waals surface area (Å²) >= 11 is 5.26. The smallest absolute Gasteiger partial charge is 0.368 e. The predicted octanol–water partition coefficient (Wildman–Crippen LogP) is 4.50. The summed E-state index contributed by atoms with van der Waals surface area (Å²) in [4.78, 5) is 3.63. The summed E-state index contributed by atoms with van der Waals surface area (Å²) in [5.74, 6) is -1.43. The molecule has 27 heavy (non-hydrogen) atoms. The first kappa shape index (κ1) is 19.3. The summed E-state index contributed by atoms with van der Waals surface area (Å²) in [7, 11) is 0. The molecule has 1 saturated heterocycles. The van der Waals surface area contributed by atoms with E-state index >= 15 is 0 Å². The zero-order valence-electron chi connectivity index (χ0n) is 14.1. The first-order valence-electron chi connectivity index (χ1n) is 8.17. The normalized spacial score (nSPS) is 15.0. The van der Waals surface area contributed by atoms with Gasteiger partial charge in [0.05, 0.1) is 11.3 Å². The Kier molecular flexibility index (Phi) is 5.50. The Hall–Kier alpha value is -2.42. The third-order valence-electron chi connectivity index (χ3n) is 4.28. The van der Waals surface area contributed by atoms with E-state index in [2.05, 4.69) is 5.32 Å². The summed E-state index contributed by atoms with van der Waals surface area (Å²) in [6, 6.07) is 8.32. The highest BCUT2D eigenvalue weighted by Crippen LogP contribution is 2.32. The molecular formula is C18H16F5N3S. The van der Waals surface area contributed by atoms with E-state index in [0.29, 0.717) is 31.9 Å². The highest BCUT2D eigenvalue weighted by Gasteiger charge is 2.31. The topological polar surface area (TPSA) is 18.5 Å². The van der Waals surface area contributed by atoms with Gasteiger partial charge in [-0.3, -0.25) is 0 Å². The Morgan fingerprint density at radius 1 is 0.963 bits per heavy atom. The van der Waals surface area contributed by atoms with Crippen molar-refractivity contribution in [2.45, 2.75) is 6.18 Å². The van der Waals surface area contributed by atoms with E-state index in [4.69, 9.17) is 12.2 Å². The number of anilines is 2. The minimum Gasteiger partial charge on any atom is -0.368 e. The molecule has 2 aromatic rings. The summed E-state index contributed by atoms with van der Waals surface area (Å²) in [6.45, 7) is 1.86. The fourth-order valence-corrected chi connectivity index (χ4v) is 3.12. The van der Waals surface area contributed by atoms with Gasteiger partial charge in [-0.2, -0.15) is 13.2 Å². The monoisotopic (exact) mass is 401 g/mol. The third-order valence-corrected chi connectivity index (χ3v) is 4.64. The van der Waals surface area contributed by atoms with Gasteiger partial charge in [-0.15, -0.1) is 0 Å². The lowest BCUT2D eigenvalue weighted by atomic mass is 10.1. The number of hydrogen-bond acceptors (Lipinski definition) is 2. The van der Waals surface area contributed by atoms with Crippen LogP contribution in [0, 0.1) is 11.6 Å². The van der Waals surface area contributed by atoms with Crippen molar-refractivity contribution in [1.82, 2.24) is 4.90 Å². The zero-order valence-corrected chi connectivity index (χ0v) is 14.9. The molecule has 0 atom stereocenters. The molecular weight excluding hydrogens is 385 g/mol. The van der Waals surface area contributed by atoms with Crippen molar-refractivity contribution in [1.29, 1.82) is 0 Å². The van der Waals surface area contributed by atoms with Crippen LogP contribution in [0.3, 0.4) is 0 Å². The third kappa shape index (κ3) is 4.65. The molecule has 1 aliphatic rings. The molecule has 9 heteroatoms. The number of nitrogens with zero attached hydrogens (tertiary/aromatic N) is 2. The number of alkyl halides is 3. The second-order valence-electron chi connectivity index (χ2n) is 6.08. The Morgan fingerprint density at radius 2 is 1.67 bits per heavy atom. The van der Waals surface area contributed by atoms with Gasteiger partial charge in [-0.1, -0.05) is 6.07 Å². The zero-order chi connectivity index (χ0) is 19.6. The van der Waals surface area contributed by atoms with Crippen LogP contribution in [0.1, 0.15) is 5.56 Å². The summed E-state index contributed by atoms with van der Waals surface area (Å²) in [6.07, 6.45) is -4.39. The van der Waals surface area contributed by atoms with Crippen LogP contribution in [-0.4, -0.2) is 36.2 Å². The maximum atomic E-state index is 13.7. The van der Waals surface area contributed by atoms with Crippen molar-refractivity contribution in [3.05, 3.63) is 59.7 Å². The molecule has 0 aromatic heterocycles. The number of hydrogen-bond donors (Lipinski definition) is 1. The highest BCUT2D eigenvalue weighted by molar-refractivity contribution is 7.80. The molecule has 1 aliphatic heterocycles. The summed E-state index contributed by atoms with van der Waals surface area (Å²) in [5.41, 5.74) is -0.124. The molecule has 1 heterocycles. The van der Waals surface area contributed by atoms with Gasteiger partial charge in [0.15, 0.2) is 5.11 Å². The van der Waals surface area contributed by atoms with Crippen molar-refractivity contribution in [3.63, 3.8) is 0 Å². The van der Waals surface area contributed by atoms with E-state index in [1.807, 2.05) is 4.90 Å². The first-order chi connectivity index (χ1) is 12.7. The Bertz CT molecular complexity index is 832. The Balaban J connectivity index is 1.61. The summed E-state index contributed by atoms with van der Waals surface area (Å²) < 4.78 is 65.3. The van der Waals surface area contributed by atoms with E-state index in [-0.39, 0.29) is 10.8 Å². The average Bonchev–Trinajstić information content (AvgIpc) is 2.63. The lowest BCUT2D eigenvalue weighted by Crippen LogP contribution is -2.50. The van der Waals surface area contributed by atoms with E-state index in [1.54, 1.807) is 11.0 Å². The maximum Gasteiger partial charge on any atom is 0.416 e. The number of benzene rings is 2. The molecule has 3 nitrogen and oxygen atoms in total. The van der Waals surface area contributed by atoms with Gasteiger partial charge in [0.2, 0.25) is 0 Å². The van der Waals surface area contributed by atoms with E-state index in [0.717, 1.165) is 24.3 Å². The first-order valence-corrected chi connectivity index (χ1v) is 8.58. The van der Waals surface area contributed by atoms with Crippen molar-refractivity contribution in [3.8, 4) is 0 Å². The largest absolute Gasteiger partial charge is 0.416 e. The van der Waals surface area contributed by atoms with Gasteiger partial charge >= 0.3 is 6.18 Å². The van der Waals surface area contributed by atoms with Crippen LogP contribution in [0.4, 0.5) is 33.3 Å². The maximum absolute atomic E-state index is 13.7. The van der Waals surface area contributed by atoms with Gasteiger partial charge in [0.25, 0.3) is 0 Å². The molecule has 0 bridgehead atoms. The van der Waals surface area contributed by atoms with Crippen LogP contribution in [0.5, 0.6) is 0 Å². The summed E-state index contributed by atoms with van der Waals surface area (Å²) in [5, 5.41) is 3.02. The Labute approximate surface area is 158 Å². The number of thiocarbonyl (C=S) groups is 1. The minimum absolute atomic E-state index is 0.0710. The van der Waals surface area contributed by atoms with E-state index in [9.17, 15) is 22.0 Å². The standard InChI is InChI=1S/C18H16F5N3S/c19-13-4-5-16(15(20)11-13)24-17(27)26-8-6-25(7-9-26)14-3-1-2-12(10-14)18(21,22)23/h1-5,10-11H,6-9H2,(H,24,27). The number of rotatable bonds is 2. The lowest BCUT2D eigenvalue weighted by molar-refractivity contribution is -0.137. The second kappa shape index (κ2) is 7.67. The van der Waals surface area contributed by atoms with Crippen molar-refractivity contribution < 1.29 is 22.0 Å². The quantitative estimate of drug-likeness (QED) is 0.590. The van der Waals surface area contributed by atoms with Crippen LogP contribution >= 0.6 is 12.2 Å². The molecule has 144 valence electrons. The SMILES string of the molecule is Fc1ccc(NC(=S)N2CCN(c3cccc(C(F)(F)F)c3)CC2)c(F)c1. The fraction of sp³-hybridized carbons (Fsp3) is 0.278. The van der Waals surface area contributed by atoms with Crippen LogP contribution < -0.4 is 10.2 Å². The van der Waals surface area contributed by atoms with Crippen LogP contribution in [-0.2, 0) is 6.18 Å². The molecule has 0 amide bonds. The number of piperazine rings is 1. The van der Waals surface area contributed by atoms with E-state index < -0.39 is 23.4 Å². The Morgan fingerprint density at radius 3 is 2.30 bits per heavy atom. The van der Waals surface area contributed by atoms with Gasteiger partial charge in [0.1, 0.15) is 11.6 Å². The van der Waals surface area contributed by atoms with Gasteiger partial charge in [-0.05, 0) is 42.5 Å². The van der Waals surface area contributed by atoms with Crippen LogP contribution in [0.2, 0.25) is 0 Å². The van der Waals surface area contributed by atoms with Crippen molar-refractivity contribution in [2.75, 3.05) is 36.4 Å². The number of halogens is 5. The predicted molar refractivity (Wildman–Crippen MR) is 97.8 cm³/mol. The molecule has 0 radical (unpaired) electrons. The van der Waals surface area contributed by atoms with E-state index in [1.165, 1.54) is 12.1 Å². The molecule has 0 aliphatic carbocycles. The van der Waals surface area contributed by atoms with Crippen LogP contribution in [0.15, 0.2) is 42.5 Å². The average molecular weight is 401 g/mol. The van der Waals surface area contributed by atoms with Crippen LogP contribution in [0.25, 0.3) is 0 Å². The van der Waals surface area contributed by atoms with Crippen molar-refractivity contribution >= 4 is 28.7 Å². The van der Waals surface area contributed by atoms with Gasteiger partial charge in [0, 0.05) is 37.9 Å². The molecule has 3 rings (SSSR count). The van der Waals surface area contributed by atoms with Crippen molar-refractivity contribution in [2.24, 2.45) is 0 Å². The molecule has 1 fully saturated rings.